The van der Waals surface area contributed by atoms with E-state index in [1.54, 1.807) is 16.7 Å². The number of nitrogens with zero attached hydrogens (tertiary/aromatic N) is 1. The van der Waals surface area contributed by atoms with Crippen LogP contribution < -0.4 is 0 Å². The van der Waals surface area contributed by atoms with Crippen molar-refractivity contribution in [1.82, 2.24) is 4.90 Å². The van der Waals surface area contributed by atoms with Gasteiger partial charge in [0.1, 0.15) is 11.8 Å². The SMILES string of the molecule is CCC(=O)N1[C@@H](CO)[C@H](c2ccc(SC)cc2)OC1(C)C. The number of hydrogen-bond acceptors (Lipinski definition) is 4. The van der Waals surface area contributed by atoms with Gasteiger partial charge in [-0.15, -0.1) is 11.8 Å². The first kappa shape index (κ1) is 16.3. The zero-order chi connectivity index (χ0) is 15.6. The lowest BCUT2D eigenvalue weighted by atomic mass is 10.0. The highest BCUT2D eigenvalue weighted by molar-refractivity contribution is 7.98. The molecule has 5 heteroatoms. The molecule has 0 aromatic heterocycles. The molecule has 2 atom stereocenters. The fourth-order valence-electron chi connectivity index (χ4n) is 2.90. The van der Waals surface area contributed by atoms with Crippen LogP contribution in [0.15, 0.2) is 29.2 Å². The van der Waals surface area contributed by atoms with Crippen molar-refractivity contribution >= 4 is 17.7 Å². The molecule has 1 fully saturated rings. The Morgan fingerprint density at radius 2 is 2.00 bits per heavy atom. The lowest BCUT2D eigenvalue weighted by Crippen LogP contribution is -2.48. The molecular formula is C16H23NO3S. The zero-order valence-corrected chi connectivity index (χ0v) is 13.8. The Morgan fingerprint density at radius 3 is 2.48 bits per heavy atom. The van der Waals surface area contributed by atoms with Gasteiger partial charge >= 0.3 is 0 Å². The predicted molar refractivity (Wildman–Crippen MR) is 84.1 cm³/mol. The van der Waals surface area contributed by atoms with E-state index in [2.05, 4.69) is 0 Å². The van der Waals surface area contributed by atoms with E-state index >= 15 is 0 Å². The van der Waals surface area contributed by atoms with E-state index in [9.17, 15) is 9.90 Å². The fourth-order valence-corrected chi connectivity index (χ4v) is 3.31. The van der Waals surface area contributed by atoms with Crippen molar-refractivity contribution < 1.29 is 14.6 Å². The average molecular weight is 309 g/mol. The van der Waals surface area contributed by atoms with Crippen molar-refractivity contribution in [3.63, 3.8) is 0 Å². The van der Waals surface area contributed by atoms with E-state index in [0.717, 1.165) is 5.56 Å². The van der Waals surface area contributed by atoms with Crippen molar-refractivity contribution in [2.75, 3.05) is 12.9 Å². The first-order chi connectivity index (χ1) is 9.94. The van der Waals surface area contributed by atoms with Crippen LogP contribution in [0.3, 0.4) is 0 Å². The molecule has 1 aromatic carbocycles. The Hall–Kier alpha value is -1.04. The van der Waals surface area contributed by atoms with E-state index in [4.69, 9.17) is 4.74 Å². The van der Waals surface area contributed by atoms with Gasteiger partial charge in [0.25, 0.3) is 0 Å². The molecule has 1 heterocycles. The molecule has 1 amide bonds. The van der Waals surface area contributed by atoms with Crippen molar-refractivity contribution in [2.45, 2.75) is 50.0 Å². The largest absolute Gasteiger partial charge is 0.394 e. The van der Waals surface area contributed by atoms with Crippen LogP contribution in [0.4, 0.5) is 0 Å². The molecule has 0 spiro atoms. The quantitative estimate of drug-likeness (QED) is 0.869. The van der Waals surface area contributed by atoms with E-state index in [-0.39, 0.29) is 24.7 Å². The summed E-state index contributed by atoms with van der Waals surface area (Å²) in [6.07, 6.45) is 2.14. The number of hydrogen-bond donors (Lipinski definition) is 1. The number of aliphatic hydroxyl groups is 1. The summed E-state index contributed by atoms with van der Waals surface area (Å²) in [4.78, 5) is 15.1. The number of benzene rings is 1. The Balaban J connectivity index is 2.33. The monoisotopic (exact) mass is 309 g/mol. The smallest absolute Gasteiger partial charge is 0.224 e. The summed E-state index contributed by atoms with van der Waals surface area (Å²) in [7, 11) is 0. The maximum absolute atomic E-state index is 12.2. The lowest BCUT2D eigenvalue weighted by molar-refractivity contribution is -0.147. The molecule has 21 heavy (non-hydrogen) atoms. The molecule has 0 unspecified atom stereocenters. The molecule has 0 bridgehead atoms. The number of thioether (sulfide) groups is 1. The van der Waals surface area contributed by atoms with Gasteiger partial charge in [0.05, 0.1) is 12.6 Å². The Labute approximate surface area is 130 Å². The zero-order valence-electron chi connectivity index (χ0n) is 13.0. The van der Waals surface area contributed by atoms with Crippen LogP contribution in [-0.2, 0) is 9.53 Å². The molecule has 0 saturated carbocycles. The average Bonchev–Trinajstić information content (AvgIpc) is 2.77. The standard InChI is InChI=1S/C16H23NO3S/c1-5-14(19)17-13(10-18)15(20-16(17,2)3)11-6-8-12(21-4)9-7-11/h6-9,13,15,18H,5,10H2,1-4H3/t13-,15-/m0/s1. The Kier molecular flexibility index (Phi) is 4.96. The van der Waals surface area contributed by atoms with Crippen LogP contribution in [-0.4, -0.2) is 40.5 Å². The third-order valence-electron chi connectivity index (χ3n) is 3.88. The van der Waals surface area contributed by atoms with Gasteiger partial charge in [0.15, 0.2) is 0 Å². The topological polar surface area (TPSA) is 49.8 Å². The van der Waals surface area contributed by atoms with Gasteiger partial charge in [-0.05, 0) is 37.8 Å². The number of amides is 1. The molecule has 0 aliphatic carbocycles. The number of carbonyl (C=O) groups excluding carboxylic acids is 1. The molecule has 1 saturated heterocycles. The van der Waals surface area contributed by atoms with Crippen LogP contribution in [0.1, 0.15) is 38.9 Å². The molecule has 1 N–H and O–H groups in total. The van der Waals surface area contributed by atoms with Crippen LogP contribution in [0, 0.1) is 0 Å². The third kappa shape index (κ3) is 3.10. The van der Waals surface area contributed by atoms with Gasteiger partial charge in [-0.1, -0.05) is 19.1 Å². The second kappa shape index (κ2) is 6.38. The number of rotatable bonds is 4. The second-order valence-electron chi connectivity index (χ2n) is 5.63. The predicted octanol–water partition coefficient (Wildman–Crippen LogP) is 2.82. The van der Waals surface area contributed by atoms with Gasteiger partial charge in [-0.2, -0.15) is 0 Å². The number of ether oxygens (including phenoxy) is 1. The molecule has 116 valence electrons. The molecule has 1 aliphatic rings. The van der Waals surface area contributed by atoms with Crippen LogP contribution in [0.2, 0.25) is 0 Å². The summed E-state index contributed by atoms with van der Waals surface area (Å²) in [5.41, 5.74) is 0.287. The van der Waals surface area contributed by atoms with Gasteiger partial charge in [0, 0.05) is 11.3 Å². The molecule has 0 radical (unpaired) electrons. The van der Waals surface area contributed by atoms with Gasteiger partial charge in [-0.25, -0.2) is 0 Å². The normalized spacial score (nSPS) is 24.3. The summed E-state index contributed by atoms with van der Waals surface area (Å²) in [5.74, 6) is 0.00211. The van der Waals surface area contributed by atoms with E-state index in [0.29, 0.717) is 6.42 Å². The highest BCUT2D eigenvalue weighted by Crippen LogP contribution is 2.41. The number of aliphatic hydroxyl groups excluding tert-OH is 1. The Bertz CT molecular complexity index is 501. The maximum atomic E-state index is 12.2. The summed E-state index contributed by atoms with van der Waals surface area (Å²) in [6, 6.07) is 7.75. The minimum Gasteiger partial charge on any atom is -0.394 e. The summed E-state index contributed by atoms with van der Waals surface area (Å²) in [6.45, 7) is 5.47. The molecule has 2 rings (SSSR count). The number of carbonyl (C=O) groups is 1. The minimum atomic E-state index is -0.705. The minimum absolute atomic E-state index is 0.00211. The van der Waals surface area contributed by atoms with Crippen molar-refractivity contribution in [2.24, 2.45) is 0 Å². The van der Waals surface area contributed by atoms with E-state index < -0.39 is 5.72 Å². The highest BCUT2D eigenvalue weighted by atomic mass is 32.2. The molecular weight excluding hydrogens is 286 g/mol. The first-order valence-corrected chi connectivity index (χ1v) is 8.41. The maximum Gasteiger partial charge on any atom is 0.224 e. The highest BCUT2D eigenvalue weighted by Gasteiger charge is 2.49. The van der Waals surface area contributed by atoms with E-state index in [1.807, 2.05) is 51.3 Å². The molecule has 1 aromatic rings. The van der Waals surface area contributed by atoms with Gasteiger partial charge in [-0.3, -0.25) is 4.79 Å². The third-order valence-corrected chi connectivity index (χ3v) is 4.62. The van der Waals surface area contributed by atoms with Crippen molar-refractivity contribution in [3.05, 3.63) is 29.8 Å². The molecule has 4 nitrogen and oxygen atoms in total. The van der Waals surface area contributed by atoms with Gasteiger partial charge in [0.2, 0.25) is 5.91 Å². The van der Waals surface area contributed by atoms with Crippen LogP contribution in [0.25, 0.3) is 0 Å². The molecule has 1 aliphatic heterocycles. The van der Waals surface area contributed by atoms with Crippen molar-refractivity contribution in [3.8, 4) is 0 Å². The van der Waals surface area contributed by atoms with Gasteiger partial charge < -0.3 is 14.7 Å². The first-order valence-electron chi connectivity index (χ1n) is 7.19. The van der Waals surface area contributed by atoms with Crippen molar-refractivity contribution in [1.29, 1.82) is 0 Å². The summed E-state index contributed by atoms with van der Waals surface area (Å²) < 4.78 is 6.09. The fraction of sp³-hybridized carbons (Fsp3) is 0.562. The van der Waals surface area contributed by atoms with E-state index in [1.165, 1.54) is 4.90 Å². The summed E-state index contributed by atoms with van der Waals surface area (Å²) in [5, 5.41) is 9.77. The summed E-state index contributed by atoms with van der Waals surface area (Å²) >= 11 is 1.68. The van der Waals surface area contributed by atoms with Crippen LogP contribution in [0.5, 0.6) is 0 Å². The van der Waals surface area contributed by atoms with Crippen LogP contribution >= 0.6 is 11.8 Å². The second-order valence-corrected chi connectivity index (χ2v) is 6.51. The Morgan fingerprint density at radius 1 is 1.38 bits per heavy atom. The lowest BCUT2D eigenvalue weighted by Gasteiger charge is -2.32.